The van der Waals surface area contributed by atoms with Crippen LogP contribution in [-0.4, -0.2) is 62.1 Å². The minimum atomic E-state index is -3.83. The van der Waals surface area contributed by atoms with Gasteiger partial charge >= 0.3 is 5.97 Å². The molecule has 0 radical (unpaired) electrons. The van der Waals surface area contributed by atoms with Gasteiger partial charge in [0.15, 0.2) is 0 Å². The molecular formula is C24H31Cl3N4O4S. The normalized spacial score (nSPS) is 13.8. The van der Waals surface area contributed by atoms with Crippen molar-refractivity contribution in [2.24, 2.45) is 0 Å². The number of anilines is 2. The molecule has 1 aromatic heterocycles. The Hall–Kier alpha value is -2.30. The number of hydrogen-bond donors (Lipinski definition) is 2. The van der Waals surface area contributed by atoms with Crippen molar-refractivity contribution in [1.82, 2.24) is 9.88 Å². The number of carboxylic acids is 1. The fraction of sp³-hybridized carbons (Fsp3) is 0.333. The SMILES string of the molecule is CCN1CCN(c2cc(C(=O)O)c3cc(NS(=O)(=O)c4ccc(C)cc4C)ccc3n2)CC1.Cl.Cl.Cl. The van der Waals surface area contributed by atoms with Crippen LogP contribution in [0, 0.1) is 13.8 Å². The van der Waals surface area contributed by atoms with E-state index in [1.165, 1.54) is 6.07 Å². The number of sulfonamides is 1. The van der Waals surface area contributed by atoms with Crippen molar-refractivity contribution >= 4 is 75.6 Å². The van der Waals surface area contributed by atoms with Crippen LogP contribution in [0.4, 0.5) is 11.5 Å². The van der Waals surface area contributed by atoms with Crippen LogP contribution in [0.25, 0.3) is 10.9 Å². The summed E-state index contributed by atoms with van der Waals surface area (Å²) in [5.74, 6) is -0.454. The average Bonchev–Trinajstić information content (AvgIpc) is 2.77. The van der Waals surface area contributed by atoms with Gasteiger partial charge < -0.3 is 14.9 Å². The number of nitrogens with one attached hydrogen (secondary N) is 1. The molecule has 1 aliphatic heterocycles. The molecule has 2 N–H and O–H groups in total. The summed E-state index contributed by atoms with van der Waals surface area (Å²) in [7, 11) is -3.83. The Kier molecular flexibility index (Phi) is 11.3. The lowest BCUT2D eigenvalue weighted by Gasteiger charge is -2.35. The lowest BCUT2D eigenvalue weighted by molar-refractivity contribution is 0.0699. The van der Waals surface area contributed by atoms with Crippen molar-refractivity contribution in [3.05, 3.63) is 59.2 Å². The Morgan fingerprint density at radius 3 is 2.25 bits per heavy atom. The van der Waals surface area contributed by atoms with Crippen LogP contribution >= 0.6 is 37.2 Å². The number of fused-ring (bicyclic) bond motifs is 1. The van der Waals surface area contributed by atoms with Crippen molar-refractivity contribution in [3.63, 3.8) is 0 Å². The van der Waals surface area contributed by atoms with Gasteiger partial charge in [0, 0.05) is 37.3 Å². The summed E-state index contributed by atoms with van der Waals surface area (Å²) in [5, 5.41) is 10.2. The van der Waals surface area contributed by atoms with Crippen LogP contribution < -0.4 is 9.62 Å². The third-order valence-electron chi connectivity index (χ3n) is 6.04. The van der Waals surface area contributed by atoms with Gasteiger partial charge in [-0.1, -0.05) is 24.6 Å². The molecule has 8 nitrogen and oxygen atoms in total. The number of carboxylic acid groups (broad SMARTS) is 1. The summed E-state index contributed by atoms with van der Waals surface area (Å²) in [6, 6.07) is 11.5. The minimum Gasteiger partial charge on any atom is -0.478 e. The van der Waals surface area contributed by atoms with E-state index in [9.17, 15) is 18.3 Å². The molecule has 36 heavy (non-hydrogen) atoms. The van der Waals surface area contributed by atoms with E-state index < -0.39 is 16.0 Å². The number of aromatic nitrogens is 1. The Bertz CT molecular complexity index is 1330. The van der Waals surface area contributed by atoms with Crippen molar-refractivity contribution < 1.29 is 18.3 Å². The Labute approximate surface area is 230 Å². The maximum Gasteiger partial charge on any atom is 0.336 e. The maximum atomic E-state index is 12.9. The molecular weight excluding hydrogens is 547 g/mol. The topological polar surface area (TPSA) is 103 Å². The lowest BCUT2D eigenvalue weighted by atomic mass is 10.1. The highest BCUT2D eigenvalue weighted by molar-refractivity contribution is 7.92. The molecule has 1 fully saturated rings. The van der Waals surface area contributed by atoms with Gasteiger partial charge in [0.2, 0.25) is 0 Å². The summed E-state index contributed by atoms with van der Waals surface area (Å²) < 4.78 is 28.5. The first-order chi connectivity index (χ1) is 15.7. The van der Waals surface area contributed by atoms with Crippen LogP contribution in [0.2, 0.25) is 0 Å². The molecule has 2 aromatic carbocycles. The predicted molar refractivity (Wildman–Crippen MR) is 151 cm³/mol. The molecule has 0 atom stereocenters. The first-order valence-corrected chi connectivity index (χ1v) is 12.4. The zero-order chi connectivity index (χ0) is 23.8. The molecule has 0 aliphatic carbocycles. The van der Waals surface area contributed by atoms with Crippen LogP contribution in [0.3, 0.4) is 0 Å². The molecule has 0 amide bonds. The molecule has 1 aliphatic rings. The zero-order valence-corrected chi connectivity index (χ0v) is 23.5. The second-order valence-corrected chi connectivity index (χ2v) is 10.0. The Morgan fingerprint density at radius 1 is 1.00 bits per heavy atom. The summed E-state index contributed by atoms with van der Waals surface area (Å²) in [4.78, 5) is 21.3. The summed E-state index contributed by atoms with van der Waals surface area (Å²) in [5.41, 5.74) is 2.51. The van der Waals surface area contributed by atoms with Gasteiger partial charge in [-0.25, -0.2) is 18.2 Å². The fourth-order valence-electron chi connectivity index (χ4n) is 4.22. The predicted octanol–water partition coefficient (Wildman–Crippen LogP) is 4.76. The van der Waals surface area contributed by atoms with Gasteiger partial charge in [0.25, 0.3) is 10.0 Å². The van der Waals surface area contributed by atoms with Gasteiger partial charge in [0.1, 0.15) is 5.82 Å². The second-order valence-electron chi connectivity index (χ2n) is 8.36. The van der Waals surface area contributed by atoms with Gasteiger partial charge in [-0.15, -0.1) is 37.2 Å². The number of benzene rings is 2. The van der Waals surface area contributed by atoms with E-state index in [1.54, 1.807) is 37.3 Å². The van der Waals surface area contributed by atoms with E-state index in [0.717, 1.165) is 38.3 Å². The number of rotatable bonds is 6. The Morgan fingerprint density at radius 2 is 1.67 bits per heavy atom. The fourth-order valence-corrected chi connectivity index (χ4v) is 5.50. The zero-order valence-electron chi connectivity index (χ0n) is 20.2. The molecule has 12 heteroatoms. The number of pyridine rings is 1. The van der Waals surface area contributed by atoms with Crippen molar-refractivity contribution in [2.45, 2.75) is 25.7 Å². The third kappa shape index (κ3) is 6.72. The number of nitrogens with zero attached hydrogens (tertiary/aromatic N) is 3. The molecule has 0 saturated carbocycles. The first-order valence-electron chi connectivity index (χ1n) is 10.9. The van der Waals surface area contributed by atoms with Crippen LogP contribution in [0.1, 0.15) is 28.4 Å². The molecule has 4 rings (SSSR count). The van der Waals surface area contributed by atoms with E-state index in [0.29, 0.717) is 22.3 Å². The molecule has 1 saturated heterocycles. The molecule has 0 unspecified atom stereocenters. The highest BCUT2D eigenvalue weighted by Gasteiger charge is 2.21. The number of likely N-dealkylation sites (N-methyl/N-ethyl adjacent to an activating group) is 1. The molecule has 0 bridgehead atoms. The van der Waals surface area contributed by atoms with E-state index >= 15 is 0 Å². The minimum absolute atomic E-state index is 0. The van der Waals surface area contributed by atoms with E-state index in [-0.39, 0.29) is 53.4 Å². The monoisotopic (exact) mass is 576 g/mol. The smallest absolute Gasteiger partial charge is 0.336 e. The largest absolute Gasteiger partial charge is 0.478 e. The number of aryl methyl sites for hydroxylation is 2. The summed E-state index contributed by atoms with van der Waals surface area (Å²) in [6.07, 6.45) is 0. The lowest BCUT2D eigenvalue weighted by Crippen LogP contribution is -2.46. The average molecular weight is 578 g/mol. The van der Waals surface area contributed by atoms with E-state index in [1.807, 2.05) is 13.0 Å². The third-order valence-corrected chi connectivity index (χ3v) is 7.58. The molecule has 3 aromatic rings. The van der Waals surface area contributed by atoms with Gasteiger partial charge in [-0.05, 0) is 56.3 Å². The van der Waals surface area contributed by atoms with Crippen LogP contribution in [0.15, 0.2) is 47.4 Å². The number of piperazine rings is 1. The van der Waals surface area contributed by atoms with E-state index in [4.69, 9.17) is 0 Å². The van der Waals surface area contributed by atoms with Gasteiger partial charge in [0.05, 0.1) is 16.0 Å². The first kappa shape index (κ1) is 31.7. The summed E-state index contributed by atoms with van der Waals surface area (Å²) in [6.45, 7) is 10.1. The quantitative estimate of drug-likeness (QED) is 0.435. The van der Waals surface area contributed by atoms with Gasteiger partial charge in [-0.2, -0.15) is 0 Å². The van der Waals surface area contributed by atoms with Crippen molar-refractivity contribution in [3.8, 4) is 0 Å². The maximum absolute atomic E-state index is 12.9. The van der Waals surface area contributed by atoms with Gasteiger partial charge in [-0.3, -0.25) is 4.72 Å². The van der Waals surface area contributed by atoms with Crippen molar-refractivity contribution in [1.29, 1.82) is 0 Å². The number of carbonyl (C=O) groups is 1. The highest BCUT2D eigenvalue weighted by Crippen LogP contribution is 2.28. The summed E-state index contributed by atoms with van der Waals surface area (Å²) >= 11 is 0. The van der Waals surface area contributed by atoms with Crippen LogP contribution in [0.5, 0.6) is 0 Å². The number of hydrogen-bond acceptors (Lipinski definition) is 6. The number of aromatic carboxylic acids is 1. The van der Waals surface area contributed by atoms with Crippen LogP contribution in [-0.2, 0) is 10.0 Å². The molecule has 0 spiro atoms. The molecule has 2 heterocycles. The second kappa shape index (κ2) is 12.8. The van der Waals surface area contributed by atoms with E-state index in [2.05, 4.69) is 26.4 Å². The Balaban J connectivity index is 0.00000216. The highest BCUT2D eigenvalue weighted by atomic mass is 35.5. The number of halogens is 3. The standard InChI is InChI=1S/C24H28N4O4S.3ClH/c1-4-27-9-11-28(12-10-27)23-15-20(24(29)30)19-14-18(6-7-21(19)25-23)26-33(31,32)22-8-5-16(2)13-17(22)3;;;/h5-8,13-15,26H,4,9-12H2,1-3H3,(H,29,30);3*1H. The molecule has 198 valence electrons. The van der Waals surface area contributed by atoms with Crippen molar-refractivity contribution in [2.75, 3.05) is 42.3 Å².